The van der Waals surface area contributed by atoms with Gasteiger partial charge in [0.2, 0.25) is 0 Å². The smallest absolute Gasteiger partial charge is 0.261 e. The number of anilines is 1. The Labute approximate surface area is 129 Å². The Kier molecular flexibility index (Phi) is 3.53. The van der Waals surface area contributed by atoms with Gasteiger partial charge in [-0.2, -0.15) is 0 Å². The maximum atomic E-state index is 13.8. The van der Waals surface area contributed by atoms with E-state index in [1.165, 1.54) is 6.07 Å². The summed E-state index contributed by atoms with van der Waals surface area (Å²) in [7, 11) is 0. The van der Waals surface area contributed by atoms with Crippen LogP contribution >= 0.6 is 15.9 Å². The normalized spacial score (nSPS) is 17.0. The van der Waals surface area contributed by atoms with E-state index in [1.54, 1.807) is 4.90 Å². The lowest BCUT2D eigenvalue weighted by Gasteiger charge is -2.23. The van der Waals surface area contributed by atoms with Crippen LogP contribution in [0.25, 0.3) is 0 Å². The quantitative estimate of drug-likeness (QED) is 0.749. The molecule has 1 aliphatic heterocycles. The van der Waals surface area contributed by atoms with E-state index in [4.69, 9.17) is 0 Å². The van der Waals surface area contributed by atoms with Crippen LogP contribution in [0.15, 0.2) is 40.9 Å². The zero-order valence-electron chi connectivity index (χ0n) is 11.2. The van der Waals surface area contributed by atoms with Crippen LogP contribution < -0.4 is 4.90 Å². The first-order valence-electron chi connectivity index (χ1n) is 6.54. The summed E-state index contributed by atoms with van der Waals surface area (Å²) in [5, 5.41) is 0. The molecule has 2 aromatic rings. The van der Waals surface area contributed by atoms with Crippen molar-refractivity contribution < 1.29 is 13.6 Å². The first-order valence-corrected chi connectivity index (χ1v) is 7.33. The molecule has 3 rings (SSSR count). The lowest BCUT2D eigenvalue weighted by Crippen LogP contribution is -2.36. The number of hydrogen-bond donors (Lipinski definition) is 0. The van der Waals surface area contributed by atoms with E-state index in [0.29, 0.717) is 6.42 Å². The third-order valence-corrected chi connectivity index (χ3v) is 4.13. The third-order valence-electron chi connectivity index (χ3n) is 3.64. The molecule has 5 heteroatoms. The van der Waals surface area contributed by atoms with Gasteiger partial charge < -0.3 is 4.90 Å². The minimum Gasteiger partial charge on any atom is -0.305 e. The molecule has 0 bridgehead atoms. The number of carbonyl (C=O) groups excluding carboxylic acids is 1. The fraction of sp³-hybridized carbons (Fsp3) is 0.188. The molecular formula is C16H12BrF2NO. The molecule has 21 heavy (non-hydrogen) atoms. The van der Waals surface area contributed by atoms with E-state index < -0.39 is 17.5 Å². The highest BCUT2D eigenvalue weighted by molar-refractivity contribution is 9.10. The van der Waals surface area contributed by atoms with Crippen molar-refractivity contribution in [3.8, 4) is 0 Å². The molecule has 1 unspecified atom stereocenters. The van der Waals surface area contributed by atoms with Crippen molar-refractivity contribution in [1.29, 1.82) is 0 Å². The van der Waals surface area contributed by atoms with Gasteiger partial charge in [0, 0.05) is 22.3 Å². The highest BCUT2D eigenvalue weighted by atomic mass is 79.9. The van der Waals surface area contributed by atoms with Crippen LogP contribution in [0.1, 0.15) is 22.8 Å². The zero-order valence-corrected chi connectivity index (χ0v) is 12.8. The molecule has 0 saturated heterocycles. The van der Waals surface area contributed by atoms with Crippen LogP contribution in [0.4, 0.5) is 14.5 Å². The van der Waals surface area contributed by atoms with Gasteiger partial charge in [-0.05, 0) is 49.2 Å². The molecule has 1 aliphatic rings. The van der Waals surface area contributed by atoms with E-state index >= 15 is 0 Å². The molecule has 108 valence electrons. The zero-order chi connectivity index (χ0) is 15.1. The monoisotopic (exact) mass is 351 g/mol. The Morgan fingerprint density at radius 1 is 1.24 bits per heavy atom. The highest BCUT2D eigenvalue weighted by Crippen LogP contribution is 2.35. The van der Waals surface area contributed by atoms with Crippen molar-refractivity contribution in [2.75, 3.05) is 4.90 Å². The predicted molar refractivity (Wildman–Crippen MR) is 80.5 cm³/mol. The number of nitrogens with zero attached hydrogens (tertiary/aromatic N) is 1. The second-order valence-electron chi connectivity index (χ2n) is 5.13. The summed E-state index contributed by atoms with van der Waals surface area (Å²) < 4.78 is 27.7. The molecule has 1 amide bonds. The Hall–Kier alpha value is -1.75. The summed E-state index contributed by atoms with van der Waals surface area (Å²) in [6.45, 7) is 1.91. The molecule has 2 nitrogen and oxygen atoms in total. The largest absolute Gasteiger partial charge is 0.305 e. The van der Waals surface area contributed by atoms with Gasteiger partial charge >= 0.3 is 0 Å². The average molecular weight is 352 g/mol. The molecule has 1 atom stereocenters. The van der Waals surface area contributed by atoms with Gasteiger partial charge in [0.15, 0.2) is 0 Å². The van der Waals surface area contributed by atoms with Crippen LogP contribution in [-0.4, -0.2) is 11.9 Å². The van der Waals surface area contributed by atoms with Gasteiger partial charge in [0.25, 0.3) is 5.91 Å². The Morgan fingerprint density at radius 3 is 2.71 bits per heavy atom. The molecule has 0 aliphatic carbocycles. The number of halogens is 3. The number of carbonyl (C=O) groups is 1. The Morgan fingerprint density at radius 2 is 2.00 bits per heavy atom. The summed E-state index contributed by atoms with van der Waals surface area (Å²) in [4.78, 5) is 14.2. The summed E-state index contributed by atoms with van der Waals surface area (Å²) in [6.07, 6.45) is 0.712. The molecule has 0 spiro atoms. The number of benzene rings is 2. The number of amides is 1. The third kappa shape index (κ3) is 2.46. The van der Waals surface area contributed by atoms with Crippen molar-refractivity contribution in [2.24, 2.45) is 0 Å². The Bertz CT molecular complexity index is 732. The van der Waals surface area contributed by atoms with Crippen LogP contribution in [0, 0.1) is 11.6 Å². The van der Waals surface area contributed by atoms with Crippen molar-refractivity contribution in [1.82, 2.24) is 0 Å². The van der Waals surface area contributed by atoms with Gasteiger partial charge in [0.1, 0.15) is 11.6 Å². The van der Waals surface area contributed by atoms with Crippen molar-refractivity contribution in [3.63, 3.8) is 0 Å². The van der Waals surface area contributed by atoms with Crippen molar-refractivity contribution >= 4 is 27.5 Å². The van der Waals surface area contributed by atoms with Crippen LogP contribution in [0.2, 0.25) is 0 Å². The van der Waals surface area contributed by atoms with E-state index in [0.717, 1.165) is 27.9 Å². The minimum atomic E-state index is -0.835. The predicted octanol–water partition coefficient (Wildman–Crippen LogP) is 4.32. The fourth-order valence-corrected chi connectivity index (χ4v) is 3.11. The maximum Gasteiger partial charge on any atom is 0.261 e. The first kappa shape index (κ1) is 14.2. The molecule has 1 heterocycles. The number of hydrogen-bond acceptors (Lipinski definition) is 1. The summed E-state index contributed by atoms with van der Waals surface area (Å²) in [5.74, 6) is -1.97. The van der Waals surface area contributed by atoms with E-state index in [2.05, 4.69) is 15.9 Å². The second kappa shape index (κ2) is 5.22. The summed E-state index contributed by atoms with van der Waals surface area (Å²) in [5.41, 5.74) is 1.70. The molecular weight excluding hydrogens is 340 g/mol. The standard InChI is InChI=1S/C16H12BrF2NO/c1-9-6-10-7-11(17)2-5-15(10)20(9)16(21)13-4-3-12(18)8-14(13)19/h2-5,7-9H,6H2,1H3. The molecule has 0 N–H and O–H groups in total. The van der Waals surface area contributed by atoms with Crippen LogP contribution in [0.5, 0.6) is 0 Å². The van der Waals surface area contributed by atoms with Crippen molar-refractivity contribution in [3.05, 3.63) is 63.6 Å². The van der Waals surface area contributed by atoms with E-state index in [-0.39, 0.29) is 11.6 Å². The second-order valence-corrected chi connectivity index (χ2v) is 6.04. The molecule has 2 aromatic carbocycles. The molecule has 0 saturated carbocycles. The number of rotatable bonds is 1. The summed E-state index contributed by atoms with van der Waals surface area (Å²) in [6, 6.07) is 8.60. The topological polar surface area (TPSA) is 20.3 Å². The maximum absolute atomic E-state index is 13.8. The average Bonchev–Trinajstić information content (AvgIpc) is 2.73. The van der Waals surface area contributed by atoms with Crippen LogP contribution in [-0.2, 0) is 6.42 Å². The van der Waals surface area contributed by atoms with Gasteiger partial charge in [0.05, 0.1) is 5.56 Å². The lowest BCUT2D eigenvalue weighted by molar-refractivity contribution is 0.0977. The first-order chi connectivity index (χ1) is 9.97. The fourth-order valence-electron chi connectivity index (χ4n) is 2.70. The molecule has 0 fully saturated rings. The summed E-state index contributed by atoms with van der Waals surface area (Å²) >= 11 is 3.40. The highest BCUT2D eigenvalue weighted by Gasteiger charge is 2.32. The van der Waals surface area contributed by atoms with Crippen LogP contribution in [0.3, 0.4) is 0 Å². The van der Waals surface area contributed by atoms with Gasteiger partial charge in [-0.3, -0.25) is 4.79 Å². The van der Waals surface area contributed by atoms with E-state index in [1.807, 2.05) is 25.1 Å². The molecule has 0 radical (unpaired) electrons. The van der Waals surface area contributed by atoms with Gasteiger partial charge in [-0.25, -0.2) is 8.78 Å². The minimum absolute atomic E-state index is 0.0637. The van der Waals surface area contributed by atoms with E-state index in [9.17, 15) is 13.6 Å². The lowest BCUT2D eigenvalue weighted by atomic mass is 10.1. The van der Waals surface area contributed by atoms with Gasteiger partial charge in [-0.15, -0.1) is 0 Å². The molecule has 0 aromatic heterocycles. The SMILES string of the molecule is CC1Cc2cc(Br)ccc2N1C(=O)c1ccc(F)cc1F. The number of fused-ring (bicyclic) bond motifs is 1. The van der Waals surface area contributed by atoms with Gasteiger partial charge in [-0.1, -0.05) is 15.9 Å². The van der Waals surface area contributed by atoms with Crippen molar-refractivity contribution in [2.45, 2.75) is 19.4 Å². The Balaban J connectivity index is 2.03.